The van der Waals surface area contributed by atoms with Crippen molar-refractivity contribution in [1.82, 2.24) is 9.36 Å². The van der Waals surface area contributed by atoms with Crippen LogP contribution in [0.25, 0.3) is 0 Å². The summed E-state index contributed by atoms with van der Waals surface area (Å²) >= 11 is 1.34. The zero-order valence-corrected chi connectivity index (χ0v) is 9.61. The normalized spacial score (nSPS) is 25.0. The molecule has 6 heteroatoms. The van der Waals surface area contributed by atoms with Crippen molar-refractivity contribution >= 4 is 22.6 Å². The van der Waals surface area contributed by atoms with Gasteiger partial charge in [0.2, 0.25) is 5.13 Å². The van der Waals surface area contributed by atoms with Gasteiger partial charge in [-0.2, -0.15) is 4.37 Å². The maximum atomic E-state index is 11.1. The molecule has 0 aromatic carbocycles. The van der Waals surface area contributed by atoms with E-state index in [0.29, 0.717) is 12.3 Å². The summed E-state index contributed by atoms with van der Waals surface area (Å²) in [5, 5.41) is 9.87. The lowest BCUT2D eigenvalue weighted by atomic mass is 10.2. The summed E-state index contributed by atoms with van der Waals surface area (Å²) in [5.41, 5.74) is 0. The molecule has 86 valence electrons. The van der Waals surface area contributed by atoms with Gasteiger partial charge >= 0.3 is 5.97 Å². The molecule has 1 saturated heterocycles. The molecule has 2 heterocycles. The second-order valence-corrected chi connectivity index (χ2v) is 5.13. The molecule has 1 aromatic heterocycles. The minimum absolute atomic E-state index is 0.403. The van der Waals surface area contributed by atoms with Crippen molar-refractivity contribution in [2.75, 3.05) is 11.4 Å². The Morgan fingerprint density at radius 2 is 2.25 bits per heavy atom. The van der Waals surface area contributed by atoms with Gasteiger partial charge in [0, 0.05) is 24.0 Å². The van der Waals surface area contributed by atoms with E-state index in [9.17, 15) is 4.79 Å². The van der Waals surface area contributed by atoms with Gasteiger partial charge in [0.1, 0.15) is 11.9 Å². The van der Waals surface area contributed by atoms with Crippen LogP contribution in [0.3, 0.4) is 0 Å². The molecule has 1 saturated carbocycles. The summed E-state index contributed by atoms with van der Waals surface area (Å²) in [6.07, 6.45) is 4.00. The molecule has 0 radical (unpaired) electrons. The Balaban J connectivity index is 1.81. The minimum atomic E-state index is -0.749. The van der Waals surface area contributed by atoms with Gasteiger partial charge in [0.05, 0.1) is 0 Å². The number of hydrogen-bond donors (Lipinski definition) is 1. The Bertz CT molecular complexity index is 416. The van der Waals surface area contributed by atoms with E-state index in [4.69, 9.17) is 5.11 Å². The molecule has 16 heavy (non-hydrogen) atoms. The maximum absolute atomic E-state index is 11.1. The molecule has 1 aromatic rings. The van der Waals surface area contributed by atoms with Crippen LogP contribution in [0, 0.1) is 0 Å². The largest absolute Gasteiger partial charge is 0.480 e. The van der Waals surface area contributed by atoms with Crippen molar-refractivity contribution in [3.63, 3.8) is 0 Å². The van der Waals surface area contributed by atoms with Gasteiger partial charge < -0.3 is 10.0 Å². The highest BCUT2D eigenvalue weighted by Gasteiger charge is 2.34. The lowest BCUT2D eigenvalue weighted by Crippen LogP contribution is -2.35. The zero-order chi connectivity index (χ0) is 11.1. The predicted octanol–water partition coefficient (Wildman–Crippen LogP) is 1.47. The first kappa shape index (κ1) is 10.0. The van der Waals surface area contributed by atoms with E-state index < -0.39 is 12.0 Å². The minimum Gasteiger partial charge on any atom is -0.480 e. The quantitative estimate of drug-likeness (QED) is 0.865. The highest BCUT2D eigenvalue weighted by Crippen LogP contribution is 2.40. The molecular weight excluding hydrogens is 226 g/mol. The SMILES string of the molecule is O=C(O)[C@H]1CCCN1c1nc(C2CC2)ns1. The molecule has 2 aliphatic rings. The van der Waals surface area contributed by atoms with Crippen LogP contribution in [0.2, 0.25) is 0 Å². The predicted molar refractivity (Wildman–Crippen MR) is 59.9 cm³/mol. The summed E-state index contributed by atoms with van der Waals surface area (Å²) in [6, 6.07) is -0.403. The van der Waals surface area contributed by atoms with E-state index in [1.54, 1.807) is 0 Å². The molecule has 1 atom stereocenters. The van der Waals surface area contributed by atoms with Crippen molar-refractivity contribution in [1.29, 1.82) is 0 Å². The van der Waals surface area contributed by atoms with Crippen LogP contribution in [0.15, 0.2) is 0 Å². The smallest absolute Gasteiger partial charge is 0.326 e. The third-order valence-corrected chi connectivity index (χ3v) is 3.92. The second kappa shape index (κ2) is 3.69. The van der Waals surface area contributed by atoms with Gasteiger partial charge in [-0.05, 0) is 25.7 Å². The van der Waals surface area contributed by atoms with Crippen molar-refractivity contribution in [2.45, 2.75) is 37.6 Å². The fourth-order valence-electron chi connectivity index (χ4n) is 2.10. The maximum Gasteiger partial charge on any atom is 0.326 e. The van der Waals surface area contributed by atoms with E-state index in [1.807, 2.05) is 4.90 Å². The number of hydrogen-bond acceptors (Lipinski definition) is 5. The molecule has 5 nitrogen and oxygen atoms in total. The summed E-state index contributed by atoms with van der Waals surface area (Å²) in [5.74, 6) is 0.701. The average molecular weight is 239 g/mol. The van der Waals surface area contributed by atoms with Gasteiger partial charge in [-0.1, -0.05) is 0 Å². The van der Waals surface area contributed by atoms with Crippen LogP contribution in [0.4, 0.5) is 5.13 Å². The number of carbonyl (C=O) groups is 1. The molecular formula is C10H13N3O2S. The Kier molecular flexibility index (Phi) is 2.31. The first-order valence-electron chi connectivity index (χ1n) is 5.59. The fraction of sp³-hybridized carbons (Fsp3) is 0.700. The lowest BCUT2D eigenvalue weighted by Gasteiger charge is -2.19. The highest BCUT2D eigenvalue weighted by molar-refractivity contribution is 7.09. The number of aromatic nitrogens is 2. The van der Waals surface area contributed by atoms with Crippen molar-refractivity contribution in [2.24, 2.45) is 0 Å². The molecule has 0 amide bonds. The van der Waals surface area contributed by atoms with Crippen LogP contribution in [0.1, 0.15) is 37.4 Å². The van der Waals surface area contributed by atoms with Crippen LogP contribution in [-0.4, -0.2) is 33.0 Å². The number of aliphatic carboxylic acids is 1. The number of nitrogens with zero attached hydrogens (tertiary/aromatic N) is 3. The lowest BCUT2D eigenvalue weighted by molar-refractivity contribution is -0.138. The topological polar surface area (TPSA) is 66.3 Å². The van der Waals surface area contributed by atoms with Gasteiger partial charge in [0.25, 0.3) is 0 Å². The fourth-order valence-corrected chi connectivity index (χ4v) is 2.93. The molecule has 1 aliphatic carbocycles. The molecule has 2 fully saturated rings. The summed E-state index contributed by atoms with van der Waals surface area (Å²) in [4.78, 5) is 17.4. The monoisotopic (exact) mass is 239 g/mol. The summed E-state index contributed by atoms with van der Waals surface area (Å²) < 4.78 is 4.31. The molecule has 0 bridgehead atoms. The first-order valence-corrected chi connectivity index (χ1v) is 6.36. The standard InChI is InChI=1S/C10H13N3O2S/c14-9(15)7-2-1-5-13(7)10-11-8(12-16-10)6-3-4-6/h6-7H,1-5H2,(H,14,15)/t7-/m1/s1. The Morgan fingerprint density at radius 1 is 1.44 bits per heavy atom. The first-order chi connectivity index (χ1) is 7.75. The molecule has 0 spiro atoms. The highest BCUT2D eigenvalue weighted by atomic mass is 32.1. The Labute approximate surface area is 97.3 Å². The number of rotatable bonds is 3. The average Bonchev–Trinajstić information content (AvgIpc) is 2.83. The number of anilines is 1. The van der Waals surface area contributed by atoms with Gasteiger partial charge in [-0.25, -0.2) is 9.78 Å². The third kappa shape index (κ3) is 1.67. The summed E-state index contributed by atoms with van der Waals surface area (Å²) in [7, 11) is 0. The van der Waals surface area contributed by atoms with Crippen molar-refractivity contribution in [3.8, 4) is 0 Å². The van der Waals surface area contributed by atoms with Crippen molar-refractivity contribution < 1.29 is 9.90 Å². The Morgan fingerprint density at radius 3 is 2.94 bits per heavy atom. The summed E-state index contributed by atoms with van der Waals surface area (Å²) in [6.45, 7) is 0.788. The van der Waals surface area contributed by atoms with Crippen molar-refractivity contribution in [3.05, 3.63) is 5.82 Å². The number of carboxylic acid groups (broad SMARTS) is 1. The van der Waals surface area contributed by atoms with Crippen LogP contribution in [0.5, 0.6) is 0 Å². The van der Waals surface area contributed by atoms with Crippen LogP contribution in [-0.2, 0) is 4.79 Å². The van der Waals surface area contributed by atoms with E-state index >= 15 is 0 Å². The van der Waals surface area contributed by atoms with Gasteiger partial charge in [-0.3, -0.25) is 0 Å². The van der Waals surface area contributed by atoms with E-state index in [1.165, 1.54) is 24.4 Å². The van der Waals surface area contributed by atoms with E-state index in [-0.39, 0.29) is 0 Å². The van der Waals surface area contributed by atoms with Crippen LogP contribution < -0.4 is 4.90 Å². The molecule has 1 aliphatic heterocycles. The zero-order valence-electron chi connectivity index (χ0n) is 8.80. The van der Waals surface area contributed by atoms with E-state index in [2.05, 4.69) is 9.36 Å². The third-order valence-electron chi connectivity index (χ3n) is 3.16. The van der Waals surface area contributed by atoms with E-state index in [0.717, 1.165) is 23.9 Å². The Hall–Kier alpha value is -1.17. The van der Waals surface area contributed by atoms with Gasteiger partial charge in [0.15, 0.2) is 0 Å². The van der Waals surface area contributed by atoms with Crippen LogP contribution >= 0.6 is 11.5 Å². The number of carboxylic acids is 1. The molecule has 3 rings (SSSR count). The van der Waals surface area contributed by atoms with Gasteiger partial charge in [-0.15, -0.1) is 0 Å². The second-order valence-electron chi connectivity index (χ2n) is 4.40. The molecule has 1 N–H and O–H groups in total. The molecule has 0 unspecified atom stereocenters.